The lowest BCUT2D eigenvalue weighted by molar-refractivity contribution is -0.117. The molecule has 0 unspecified atom stereocenters. The largest absolute Gasteiger partial charge is 0.346 e. The summed E-state index contributed by atoms with van der Waals surface area (Å²) in [5, 5.41) is 3.73. The van der Waals surface area contributed by atoms with Gasteiger partial charge in [-0.15, -0.1) is 0 Å². The van der Waals surface area contributed by atoms with Crippen LogP contribution in [0.1, 0.15) is 12.8 Å². The summed E-state index contributed by atoms with van der Waals surface area (Å²) < 4.78 is 42.2. The van der Waals surface area contributed by atoms with Gasteiger partial charge in [0.15, 0.2) is 0 Å². The van der Waals surface area contributed by atoms with Crippen molar-refractivity contribution in [2.45, 2.75) is 17.7 Å². The molecule has 0 radical (unpaired) electrons. The van der Waals surface area contributed by atoms with Crippen molar-refractivity contribution in [1.29, 1.82) is 0 Å². The number of hydrogen-bond donors (Lipinski definition) is 3. The predicted octanol–water partition coefficient (Wildman–Crippen LogP) is 5.28. The van der Waals surface area contributed by atoms with Gasteiger partial charge in [-0.3, -0.25) is 9.52 Å². The van der Waals surface area contributed by atoms with Crippen LogP contribution in [0.4, 0.5) is 15.9 Å². The van der Waals surface area contributed by atoms with E-state index in [9.17, 15) is 17.6 Å². The van der Waals surface area contributed by atoms with Gasteiger partial charge in [-0.05, 0) is 66.4 Å². The molecule has 4 aromatic rings. The van der Waals surface area contributed by atoms with E-state index in [0.717, 1.165) is 35.4 Å². The maximum absolute atomic E-state index is 14.1. The zero-order chi connectivity index (χ0) is 23.2. The van der Waals surface area contributed by atoms with Gasteiger partial charge >= 0.3 is 0 Å². The Morgan fingerprint density at radius 3 is 2.55 bits per heavy atom. The first-order chi connectivity index (χ1) is 15.8. The molecule has 5 rings (SSSR count). The normalized spacial score (nSPS) is 13.8. The first-order valence-corrected chi connectivity index (χ1v) is 12.4. The van der Waals surface area contributed by atoms with E-state index >= 15 is 0 Å². The van der Waals surface area contributed by atoms with Crippen LogP contribution < -0.4 is 10.0 Å². The number of amides is 1. The number of halogens is 2. The molecule has 2 heterocycles. The highest BCUT2D eigenvalue weighted by Gasteiger charge is 2.30. The third kappa shape index (κ3) is 4.49. The van der Waals surface area contributed by atoms with Crippen molar-refractivity contribution in [3.63, 3.8) is 0 Å². The monoisotopic (exact) mass is 528 g/mol. The minimum absolute atomic E-state index is 0.0377. The smallest absolute Gasteiger partial charge is 0.264 e. The molecule has 0 spiro atoms. The SMILES string of the molecule is O=C(Nc1cc(-c2ccc(NS(=O)(=O)c3ccc(Br)cc3F)cc2)c2cc[nH]c2n1)C1CC1. The highest BCUT2D eigenvalue weighted by molar-refractivity contribution is 9.10. The number of pyridine rings is 1. The summed E-state index contributed by atoms with van der Waals surface area (Å²) in [6.45, 7) is 0. The number of hydrogen-bond acceptors (Lipinski definition) is 4. The lowest BCUT2D eigenvalue weighted by Gasteiger charge is -2.11. The van der Waals surface area contributed by atoms with Gasteiger partial charge in [0, 0.05) is 27.7 Å². The zero-order valence-electron chi connectivity index (χ0n) is 17.1. The average molecular weight is 529 g/mol. The van der Waals surface area contributed by atoms with Gasteiger partial charge in [-0.2, -0.15) is 0 Å². The third-order valence-electron chi connectivity index (χ3n) is 5.36. The second-order valence-corrected chi connectivity index (χ2v) is 10.4. The van der Waals surface area contributed by atoms with Crippen molar-refractivity contribution in [3.05, 3.63) is 71.1 Å². The molecule has 33 heavy (non-hydrogen) atoms. The number of rotatable bonds is 6. The van der Waals surface area contributed by atoms with Crippen molar-refractivity contribution >= 4 is 54.4 Å². The molecule has 1 amide bonds. The van der Waals surface area contributed by atoms with Gasteiger partial charge in [0.1, 0.15) is 22.2 Å². The van der Waals surface area contributed by atoms with Crippen molar-refractivity contribution in [2.24, 2.45) is 5.92 Å². The lowest BCUT2D eigenvalue weighted by Crippen LogP contribution is -2.14. The molecule has 2 aromatic heterocycles. The maximum Gasteiger partial charge on any atom is 0.264 e. The lowest BCUT2D eigenvalue weighted by atomic mass is 10.0. The van der Waals surface area contributed by atoms with Crippen LogP contribution in [0.5, 0.6) is 0 Å². The van der Waals surface area contributed by atoms with E-state index in [4.69, 9.17) is 0 Å². The molecule has 0 aliphatic heterocycles. The van der Waals surface area contributed by atoms with E-state index in [0.29, 0.717) is 21.6 Å². The van der Waals surface area contributed by atoms with E-state index < -0.39 is 20.7 Å². The van der Waals surface area contributed by atoms with Crippen LogP contribution in [-0.2, 0) is 14.8 Å². The van der Waals surface area contributed by atoms with E-state index in [1.165, 1.54) is 12.1 Å². The molecule has 1 saturated carbocycles. The van der Waals surface area contributed by atoms with E-state index in [2.05, 4.69) is 35.9 Å². The molecule has 1 fully saturated rings. The molecule has 0 bridgehead atoms. The molecule has 1 aliphatic carbocycles. The summed E-state index contributed by atoms with van der Waals surface area (Å²) in [6, 6.07) is 14.2. The Morgan fingerprint density at radius 2 is 1.85 bits per heavy atom. The van der Waals surface area contributed by atoms with Crippen molar-refractivity contribution in [2.75, 3.05) is 10.0 Å². The van der Waals surface area contributed by atoms with Gasteiger partial charge in [-0.25, -0.2) is 17.8 Å². The van der Waals surface area contributed by atoms with E-state index in [1.807, 2.05) is 6.07 Å². The second kappa shape index (κ2) is 8.27. The number of nitrogens with one attached hydrogen (secondary N) is 3. The van der Waals surface area contributed by atoms with E-state index in [-0.39, 0.29) is 11.8 Å². The minimum Gasteiger partial charge on any atom is -0.346 e. The van der Waals surface area contributed by atoms with Crippen LogP contribution in [0, 0.1) is 11.7 Å². The molecule has 1 aliphatic rings. The number of aromatic amines is 1. The fourth-order valence-electron chi connectivity index (χ4n) is 3.54. The van der Waals surface area contributed by atoms with Gasteiger partial charge < -0.3 is 10.3 Å². The summed E-state index contributed by atoms with van der Waals surface area (Å²) >= 11 is 3.12. The van der Waals surface area contributed by atoms with Crippen molar-refractivity contribution in [1.82, 2.24) is 9.97 Å². The number of sulfonamides is 1. The molecule has 0 atom stereocenters. The summed E-state index contributed by atoms with van der Waals surface area (Å²) in [7, 11) is -4.09. The van der Waals surface area contributed by atoms with Crippen molar-refractivity contribution < 1.29 is 17.6 Å². The maximum atomic E-state index is 14.1. The molecule has 2 aromatic carbocycles. The van der Waals surface area contributed by atoms with Gasteiger partial charge in [-0.1, -0.05) is 28.1 Å². The Kier molecular flexibility index (Phi) is 5.41. The number of carbonyl (C=O) groups is 1. The fourth-order valence-corrected chi connectivity index (χ4v) is 4.99. The predicted molar refractivity (Wildman–Crippen MR) is 128 cm³/mol. The molecule has 3 N–H and O–H groups in total. The van der Waals surface area contributed by atoms with Crippen molar-refractivity contribution in [3.8, 4) is 11.1 Å². The number of anilines is 2. The highest BCUT2D eigenvalue weighted by atomic mass is 79.9. The molecule has 7 nitrogen and oxygen atoms in total. The number of H-pyrrole nitrogens is 1. The number of carbonyl (C=O) groups excluding carboxylic acids is 1. The molecular weight excluding hydrogens is 511 g/mol. The van der Waals surface area contributed by atoms with Gasteiger partial charge in [0.2, 0.25) is 5.91 Å². The summed E-state index contributed by atoms with van der Waals surface area (Å²) in [6.07, 6.45) is 3.55. The quantitative estimate of drug-likeness (QED) is 0.316. The first kappa shape index (κ1) is 21.6. The molecule has 10 heteroatoms. The molecule has 168 valence electrons. The summed E-state index contributed by atoms with van der Waals surface area (Å²) in [5.74, 6) is -0.380. The fraction of sp³-hybridized carbons (Fsp3) is 0.130. The standard InChI is InChI=1S/C23H18BrFN4O3S/c24-15-5-8-20(19(25)11-15)33(31,32)29-16-6-3-13(4-7-16)18-12-21(28-23(30)14-1-2-14)27-22-17(18)9-10-26-22/h3-12,14,29H,1-2H2,(H2,26,27,28,30). The van der Waals surface area contributed by atoms with Crippen LogP contribution >= 0.6 is 15.9 Å². The number of aromatic nitrogens is 2. The van der Waals surface area contributed by atoms with Gasteiger partial charge in [0.05, 0.1) is 0 Å². The average Bonchev–Trinajstić information content (AvgIpc) is 3.51. The zero-order valence-corrected chi connectivity index (χ0v) is 19.5. The topological polar surface area (TPSA) is 104 Å². The minimum atomic E-state index is -4.09. The molecular formula is C23H18BrFN4O3S. The van der Waals surface area contributed by atoms with E-state index in [1.54, 1.807) is 36.5 Å². The van der Waals surface area contributed by atoms with Crippen LogP contribution in [-0.4, -0.2) is 24.3 Å². The number of nitrogens with zero attached hydrogens (tertiary/aromatic N) is 1. The second-order valence-electron chi connectivity index (χ2n) is 7.82. The Labute approximate surface area is 197 Å². The summed E-state index contributed by atoms with van der Waals surface area (Å²) in [5.41, 5.74) is 2.57. The van der Waals surface area contributed by atoms with Crippen LogP contribution in [0.25, 0.3) is 22.2 Å². The molecule has 0 saturated heterocycles. The summed E-state index contributed by atoms with van der Waals surface area (Å²) in [4.78, 5) is 19.3. The number of benzene rings is 2. The Hall–Kier alpha value is -3.24. The van der Waals surface area contributed by atoms with Crippen LogP contribution in [0.15, 0.2) is 70.2 Å². The first-order valence-electron chi connectivity index (χ1n) is 10.2. The Bertz CT molecular complexity index is 1480. The van der Waals surface area contributed by atoms with Crippen LogP contribution in [0.3, 0.4) is 0 Å². The third-order valence-corrected chi connectivity index (χ3v) is 7.27. The Balaban J connectivity index is 1.43. The van der Waals surface area contributed by atoms with Gasteiger partial charge in [0.25, 0.3) is 10.0 Å². The highest BCUT2D eigenvalue weighted by Crippen LogP contribution is 2.33. The van der Waals surface area contributed by atoms with Crippen LogP contribution in [0.2, 0.25) is 0 Å². The number of fused-ring (bicyclic) bond motifs is 1. The Morgan fingerprint density at radius 1 is 1.09 bits per heavy atom.